The van der Waals surface area contributed by atoms with Gasteiger partial charge >= 0.3 is 0 Å². The summed E-state index contributed by atoms with van der Waals surface area (Å²) in [5.41, 5.74) is 1.70. The predicted molar refractivity (Wildman–Crippen MR) is 107 cm³/mol. The van der Waals surface area contributed by atoms with Gasteiger partial charge in [0.15, 0.2) is 15.0 Å². The minimum atomic E-state index is -3.09. The number of thioether (sulfide) groups is 1. The Morgan fingerprint density at radius 3 is 2.70 bits per heavy atom. The number of amides is 1. The summed E-state index contributed by atoms with van der Waals surface area (Å²) in [7, 11) is -3.09. The van der Waals surface area contributed by atoms with Crippen molar-refractivity contribution in [3.05, 3.63) is 60.9 Å². The smallest absolute Gasteiger partial charge is 0.237 e. The van der Waals surface area contributed by atoms with Crippen LogP contribution in [0.1, 0.15) is 6.42 Å². The first-order valence-corrected chi connectivity index (χ1v) is 11.5. The van der Waals surface area contributed by atoms with Crippen molar-refractivity contribution in [1.82, 2.24) is 9.38 Å². The number of fused-ring (bicyclic) bond motifs is 1. The zero-order valence-corrected chi connectivity index (χ0v) is 16.2. The van der Waals surface area contributed by atoms with E-state index in [1.54, 1.807) is 11.1 Å². The van der Waals surface area contributed by atoms with E-state index in [1.165, 1.54) is 11.8 Å². The minimum absolute atomic E-state index is 0.0185. The van der Waals surface area contributed by atoms with Gasteiger partial charge in [0.2, 0.25) is 5.91 Å². The Kier molecular flexibility index (Phi) is 4.92. The average molecular weight is 402 g/mol. The normalized spacial score (nSPS) is 18.6. The first-order valence-electron chi connectivity index (χ1n) is 8.66. The van der Waals surface area contributed by atoms with Crippen molar-refractivity contribution in [1.29, 1.82) is 0 Å². The minimum Gasteiger partial charge on any atom is -0.308 e. The number of hydrogen-bond donors (Lipinski definition) is 0. The summed E-state index contributed by atoms with van der Waals surface area (Å²) >= 11 is 1.36. The molecule has 3 heterocycles. The van der Waals surface area contributed by atoms with Crippen molar-refractivity contribution < 1.29 is 13.2 Å². The average Bonchev–Trinajstić information content (AvgIpc) is 3.24. The molecule has 2 aromatic heterocycles. The molecule has 1 fully saturated rings. The molecule has 8 heteroatoms. The predicted octanol–water partition coefficient (Wildman–Crippen LogP) is 2.65. The highest BCUT2D eigenvalue weighted by Gasteiger charge is 2.35. The lowest BCUT2D eigenvalue weighted by molar-refractivity contribution is -0.116. The van der Waals surface area contributed by atoms with E-state index in [0.29, 0.717) is 6.42 Å². The summed E-state index contributed by atoms with van der Waals surface area (Å²) in [6.07, 6.45) is 4.15. The number of carbonyl (C=O) groups is 1. The molecule has 0 aliphatic carbocycles. The van der Waals surface area contributed by atoms with Crippen molar-refractivity contribution >= 4 is 38.7 Å². The fraction of sp³-hybridized carbons (Fsp3) is 0.263. The molecule has 0 spiro atoms. The molecular weight excluding hydrogens is 382 g/mol. The largest absolute Gasteiger partial charge is 0.308 e. The quantitative estimate of drug-likeness (QED) is 0.615. The van der Waals surface area contributed by atoms with E-state index in [2.05, 4.69) is 4.98 Å². The molecule has 3 aromatic rings. The summed E-state index contributed by atoms with van der Waals surface area (Å²) in [6, 6.07) is 14.8. The molecule has 0 radical (unpaired) electrons. The molecular formula is C19H19N3O3S2. The fourth-order valence-corrected chi connectivity index (χ4v) is 5.87. The van der Waals surface area contributed by atoms with Crippen LogP contribution >= 0.6 is 11.8 Å². The summed E-state index contributed by atoms with van der Waals surface area (Å²) in [5, 5.41) is 0.742. The van der Waals surface area contributed by atoms with Gasteiger partial charge in [0, 0.05) is 11.9 Å². The van der Waals surface area contributed by atoms with Crippen LogP contribution < -0.4 is 4.90 Å². The van der Waals surface area contributed by atoms with Gasteiger partial charge in [-0.2, -0.15) is 0 Å². The third-order valence-electron chi connectivity index (χ3n) is 4.61. The van der Waals surface area contributed by atoms with Gasteiger partial charge < -0.3 is 4.90 Å². The zero-order chi connectivity index (χ0) is 18.9. The summed E-state index contributed by atoms with van der Waals surface area (Å²) in [4.78, 5) is 19.1. The van der Waals surface area contributed by atoms with Crippen LogP contribution in [0, 0.1) is 0 Å². The highest BCUT2D eigenvalue weighted by molar-refractivity contribution is 7.99. The molecule has 0 saturated carbocycles. The number of rotatable bonds is 5. The zero-order valence-electron chi connectivity index (χ0n) is 14.6. The molecule has 27 heavy (non-hydrogen) atoms. The second kappa shape index (κ2) is 7.36. The molecule has 140 valence electrons. The van der Waals surface area contributed by atoms with Gasteiger partial charge in [-0.15, -0.1) is 0 Å². The van der Waals surface area contributed by atoms with Crippen molar-refractivity contribution in [2.45, 2.75) is 17.6 Å². The Morgan fingerprint density at radius 1 is 1.19 bits per heavy atom. The molecule has 1 unspecified atom stereocenters. The van der Waals surface area contributed by atoms with Crippen LogP contribution in [-0.2, 0) is 14.6 Å². The first-order chi connectivity index (χ1) is 13.0. The lowest BCUT2D eigenvalue weighted by Gasteiger charge is -2.28. The Balaban J connectivity index is 1.55. The number of nitrogens with zero attached hydrogens (tertiary/aromatic N) is 3. The highest BCUT2D eigenvalue weighted by Crippen LogP contribution is 2.26. The number of anilines is 1. The SMILES string of the molecule is O=C(CSc1ncc2ccccn12)N(c1ccccc1)C1CCS(=O)(=O)C1. The van der Waals surface area contributed by atoms with Crippen LogP contribution in [0.15, 0.2) is 66.1 Å². The number of carbonyl (C=O) groups excluding carboxylic acids is 1. The van der Waals surface area contributed by atoms with Crippen molar-refractivity contribution in [2.24, 2.45) is 0 Å². The van der Waals surface area contributed by atoms with Gasteiger partial charge in [-0.3, -0.25) is 9.20 Å². The van der Waals surface area contributed by atoms with E-state index in [0.717, 1.165) is 16.4 Å². The van der Waals surface area contributed by atoms with E-state index in [4.69, 9.17) is 0 Å². The maximum absolute atomic E-state index is 13.0. The van der Waals surface area contributed by atoms with Crippen LogP contribution in [0.25, 0.3) is 5.52 Å². The summed E-state index contributed by atoms with van der Waals surface area (Å²) < 4.78 is 25.8. The lowest BCUT2D eigenvalue weighted by atomic mass is 10.2. The molecule has 1 saturated heterocycles. The number of hydrogen-bond acceptors (Lipinski definition) is 5. The molecule has 6 nitrogen and oxygen atoms in total. The lowest BCUT2D eigenvalue weighted by Crippen LogP contribution is -2.42. The Labute approximate surface area is 162 Å². The van der Waals surface area contributed by atoms with Crippen LogP contribution in [0.2, 0.25) is 0 Å². The monoisotopic (exact) mass is 401 g/mol. The second-order valence-electron chi connectivity index (χ2n) is 6.48. The van der Waals surface area contributed by atoms with Gasteiger partial charge in [0.05, 0.1) is 35.0 Å². The van der Waals surface area contributed by atoms with Crippen molar-refractivity contribution in [3.63, 3.8) is 0 Å². The number of benzene rings is 1. The number of pyridine rings is 1. The molecule has 1 aliphatic heterocycles. The third kappa shape index (κ3) is 3.86. The van der Waals surface area contributed by atoms with Gasteiger partial charge in [-0.25, -0.2) is 13.4 Å². The van der Waals surface area contributed by atoms with Crippen LogP contribution in [-0.4, -0.2) is 47.0 Å². The maximum Gasteiger partial charge on any atom is 0.237 e. The highest BCUT2D eigenvalue weighted by atomic mass is 32.2. The van der Waals surface area contributed by atoms with E-state index < -0.39 is 9.84 Å². The standard InChI is InChI=1S/C19H19N3O3S2/c23-18(13-26-19-20-12-16-8-4-5-10-21(16)19)22(15-6-2-1-3-7-15)17-9-11-27(24,25)14-17/h1-8,10,12,17H,9,11,13-14H2. The van der Waals surface area contributed by atoms with E-state index >= 15 is 0 Å². The Bertz CT molecular complexity index is 1060. The van der Waals surface area contributed by atoms with E-state index in [1.807, 2.05) is 59.1 Å². The number of imidazole rings is 1. The molecule has 4 rings (SSSR count). The number of para-hydroxylation sites is 1. The van der Waals surface area contributed by atoms with Gasteiger partial charge in [0.25, 0.3) is 0 Å². The molecule has 0 N–H and O–H groups in total. The van der Waals surface area contributed by atoms with Gasteiger partial charge in [0.1, 0.15) is 0 Å². The Morgan fingerprint density at radius 2 is 1.96 bits per heavy atom. The molecule has 0 bridgehead atoms. The second-order valence-corrected chi connectivity index (χ2v) is 9.65. The maximum atomic E-state index is 13.0. The molecule has 1 aliphatic rings. The van der Waals surface area contributed by atoms with Gasteiger partial charge in [-0.1, -0.05) is 36.0 Å². The van der Waals surface area contributed by atoms with Crippen LogP contribution in [0.3, 0.4) is 0 Å². The summed E-state index contributed by atoms with van der Waals surface area (Å²) in [5.74, 6) is 0.233. The molecule has 1 atom stereocenters. The summed E-state index contributed by atoms with van der Waals surface area (Å²) in [6.45, 7) is 0. The molecule has 1 amide bonds. The van der Waals surface area contributed by atoms with Crippen LogP contribution in [0.4, 0.5) is 5.69 Å². The number of sulfone groups is 1. The number of aromatic nitrogens is 2. The van der Waals surface area contributed by atoms with Gasteiger partial charge in [-0.05, 0) is 30.7 Å². The van der Waals surface area contributed by atoms with Crippen LogP contribution in [0.5, 0.6) is 0 Å². The van der Waals surface area contributed by atoms with E-state index in [9.17, 15) is 13.2 Å². The van der Waals surface area contributed by atoms with Crippen molar-refractivity contribution in [2.75, 3.05) is 22.2 Å². The first kappa shape index (κ1) is 18.1. The third-order valence-corrected chi connectivity index (χ3v) is 7.31. The fourth-order valence-electron chi connectivity index (χ4n) is 3.35. The Hall–Kier alpha value is -2.32. The van der Waals surface area contributed by atoms with E-state index in [-0.39, 0.29) is 29.2 Å². The topological polar surface area (TPSA) is 71.8 Å². The van der Waals surface area contributed by atoms with Crippen molar-refractivity contribution in [3.8, 4) is 0 Å². The molecule has 1 aromatic carbocycles.